The molecule has 1 amide bonds. The van der Waals surface area contributed by atoms with Crippen molar-refractivity contribution in [2.45, 2.75) is 31.7 Å². The van der Waals surface area contributed by atoms with E-state index < -0.39 is 11.4 Å². The van der Waals surface area contributed by atoms with Gasteiger partial charge in [0.1, 0.15) is 17.0 Å². The Kier molecular flexibility index (Phi) is 10.2. The number of anilines is 4. The molecule has 0 bridgehead atoms. The second kappa shape index (κ2) is 14.8. The zero-order valence-electron chi connectivity index (χ0n) is 28.2. The maximum atomic E-state index is 14.3. The van der Waals surface area contributed by atoms with Crippen LogP contribution in [-0.2, 0) is 11.2 Å². The van der Waals surface area contributed by atoms with Gasteiger partial charge >= 0.3 is 0 Å². The molecule has 12 heteroatoms. The van der Waals surface area contributed by atoms with Gasteiger partial charge in [0.2, 0.25) is 5.91 Å². The summed E-state index contributed by atoms with van der Waals surface area (Å²) in [6.07, 6.45) is 0.289. The molecule has 7 rings (SSSR count). The summed E-state index contributed by atoms with van der Waals surface area (Å²) in [7, 11) is 0. The lowest BCUT2D eigenvalue weighted by atomic mass is 9.91. The quantitative estimate of drug-likeness (QED) is 0.106. The standard InChI is InChI=1S/C40H33BrCl3N5O3/c1-3-47(4-2)27-17-18-28(34(50)22-27)38-36(44)40(52)49(38)26-15-13-25(14-16-26)48-35(45-33-19-12-24(41)21-29(33)39(48)51)20-23-8-5-6-11-32(23)46-37-30(42)9-7-10-31(37)43/h5-19,21-22,36,38,46,50H,3-4,20H2,1-2H3. The number of fused-ring (bicyclic) bond motifs is 1. The van der Waals surface area contributed by atoms with E-state index in [-0.39, 0.29) is 23.6 Å². The Morgan fingerprint density at radius 1 is 0.865 bits per heavy atom. The number of nitrogens with zero attached hydrogens (tertiary/aromatic N) is 4. The van der Waals surface area contributed by atoms with E-state index in [4.69, 9.17) is 39.8 Å². The first-order chi connectivity index (χ1) is 25.1. The predicted molar refractivity (Wildman–Crippen MR) is 216 cm³/mol. The van der Waals surface area contributed by atoms with Crippen molar-refractivity contribution in [3.05, 3.63) is 145 Å². The number of halogens is 4. The number of para-hydroxylation sites is 2. The number of aromatic nitrogens is 2. The normalized spacial score (nSPS) is 15.5. The molecule has 1 aromatic heterocycles. The Bertz CT molecular complexity index is 2360. The molecule has 2 heterocycles. The fourth-order valence-corrected chi connectivity index (χ4v) is 7.88. The topological polar surface area (TPSA) is 90.7 Å². The van der Waals surface area contributed by atoms with Gasteiger partial charge in [-0.15, -0.1) is 11.6 Å². The van der Waals surface area contributed by atoms with E-state index in [9.17, 15) is 14.7 Å². The molecule has 8 nitrogen and oxygen atoms in total. The third-order valence-corrected chi connectivity index (χ3v) is 10.9. The molecular weight excluding hydrogens is 785 g/mol. The Morgan fingerprint density at radius 2 is 1.56 bits per heavy atom. The van der Waals surface area contributed by atoms with Crippen molar-refractivity contribution in [2.75, 3.05) is 28.2 Å². The van der Waals surface area contributed by atoms with Crippen LogP contribution in [0.15, 0.2) is 112 Å². The fourth-order valence-electron chi connectivity index (χ4n) is 6.68. The molecule has 0 saturated carbocycles. The minimum absolute atomic E-state index is 0.0744. The van der Waals surface area contributed by atoms with Gasteiger partial charge in [0, 0.05) is 52.7 Å². The van der Waals surface area contributed by atoms with Crippen molar-refractivity contribution < 1.29 is 9.90 Å². The number of hydrogen-bond acceptors (Lipinski definition) is 6. The molecule has 52 heavy (non-hydrogen) atoms. The van der Waals surface area contributed by atoms with Crippen LogP contribution >= 0.6 is 50.7 Å². The van der Waals surface area contributed by atoms with Gasteiger partial charge in [-0.05, 0) is 86.1 Å². The molecule has 264 valence electrons. The maximum absolute atomic E-state index is 14.3. The maximum Gasteiger partial charge on any atom is 0.266 e. The van der Waals surface area contributed by atoms with Crippen LogP contribution < -0.4 is 20.7 Å². The van der Waals surface area contributed by atoms with Crippen molar-refractivity contribution in [1.29, 1.82) is 0 Å². The number of nitrogens with one attached hydrogen (secondary N) is 1. The van der Waals surface area contributed by atoms with Crippen molar-refractivity contribution in [2.24, 2.45) is 0 Å². The smallest absolute Gasteiger partial charge is 0.266 e. The number of carbonyl (C=O) groups is 1. The first-order valence-electron chi connectivity index (χ1n) is 16.7. The molecule has 0 spiro atoms. The van der Waals surface area contributed by atoms with Gasteiger partial charge < -0.3 is 20.2 Å². The van der Waals surface area contributed by atoms with Crippen LogP contribution in [0.25, 0.3) is 16.6 Å². The number of alkyl halides is 1. The van der Waals surface area contributed by atoms with Crippen LogP contribution in [0.5, 0.6) is 5.75 Å². The molecule has 1 aliphatic heterocycles. The molecule has 0 radical (unpaired) electrons. The summed E-state index contributed by atoms with van der Waals surface area (Å²) in [5.41, 5.74) is 5.12. The van der Waals surface area contributed by atoms with Crippen LogP contribution in [0, 0.1) is 0 Å². The van der Waals surface area contributed by atoms with Gasteiger partial charge in [-0.2, -0.15) is 0 Å². The molecule has 6 aromatic rings. The molecule has 0 aliphatic carbocycles. The third kappa shape index (κ3) is 6.63. The third-order valence-electron chi connectivity index (χ3n) is 9.36. The number of rotatable bonds is 10. The molecule has 1 aliphatic rings. The highest BCUT2D eigenvalue weighted by atomic mass is 79.9. The Balaban J connectivity index is 1.26. The number of aromatic hydroxyl groups is 1. The Hall–Kier alpha value is -4.54. The summed E-state index contributed by atoms with van der Waals surface area (Å²) in [6.45, 7) is 5.70. The average molecular weight is 818 g/mol. The van der Waals surface area contributed by atoms with Crippen molar-refractivity contribution >= 4 is 90.3 Å². The van der Waals surface area contributed by atoms with Gasteiger partial charge in [-0.1, -0.05) is 69.5 Å². The molecular formula is C40H33BrCl3N5O3. The zero-order valence-corrected chi connectivity index (χ0v) is 32.0. The van der Waals surface area contributed by atoms with E-state index in [0.717, 1.165) is 34.5 Å². The van der Waals surface area contributed by atoms with Crippen LogP contribution in [0.4, 0.5) is 22.7 Å². The first kappa shape index (κ1) is 35.8. The highest BCUT2D eigenvalue weighted by Gasteiger charge is 2.49. The van der Waals surface area contributed by atoms with E-state index in [2.05, 4.69) is 40.0 Å². The van der Waals surface area contributed by atoms with E-state index in [1.165, 1.54) is 0 Å². The molecule has 2 N–H and O–H groups in total. The number of β-lactam (4-membered cyclic amide) rings is 1. The van der Waals surface area contributed by atoms with Crippen LogP contribution in [0.3, 0.4) is 0 Å². The molecule has 1 saturated heterocycles. The monoisotopic (exact) mass is 815 g/mol. The van der Waals surface area contributed by atoms with Gasteiger partial charge in [-0.3, -0.25) is 14.2 Å². The first-order valence-corrected chi connectivity index (χ1v) is 18.7. The Labute approximate surface area is 324 Å². The van der Waals surface area contributed by atoms with E-state index in [1.807, 2.05) is 48.5 Å². The van der Waals surface area contributed by atoms with Crippen molar-refractivity contribution in [3.63, 3.8) is 0 Å². The number of amides is 1. The minimum Gasteiger partial charge on any atom is -0.508 e. The summed E-state index contributed by atoms with van der Waals surface area (Å²) in [5, 5.41) is 15.0. The average Bonchev–Trinajstić information content (AvgIpc) is 3.14. The van der Waals surface area contributed by atoms with Crippen LogP contribution in [-0.4, -0.2) is 39.0 Å². The predicted octanol–water partition coefficient (Wildman–Crippen LogP) is 10.0. The van der Waals surface area contributed by atoms with E-state index in [1.54, 1.807) is 64.1 Å². The van der Waals surface area contributed by atoms with Crippen LogP contribution in [0.1, 0.15) is 36.8 Å². The number of hydrogen-bond donors (Lipinski definition) is 2. The van der Waals surface area contributed by atoms with Crippen molar-refractivity contribution in [3.8, 4) is 11.4 Å². The van der Waals surface area contributed by atoms with Gasteiger partial charge in [-0.25, -0.2) is 4.98 Å². The van der Waals surface area contributed by atoms with Crippen molar-refractivity contribution in [1.82, 2.24) is 9.55 Å². The Morgan fingerprint density at radius 3 is 2.25 bits per heavy atom. The highest BCUT2D eigenvalue weighted by Crippen LogP contribution is 2.46. The lowest BCUT2D eigenvalue weighted by Gasteiger charge is -2.44. The number of phenolic OH excluding ortho intramolecular Hbond substituents is 1. The van der Waals surface area contributed by atoms with E-state index in [0.29, 0.717) is 49.4 Å². The zero-order chi connectivity index (χ0) is 36.7. The largest absolute Gasteiger partial charge is 0.508 e. The summed E-state index contributed by atoms with van der Waals surface area (Å²) < 4.78 is 2.35. The number of phenols is 1. The molecule has 2 atom stereocenters. The van der Waals surface area contributed by atoms with Gasteiger partial charge in [0.05, 0.1) is 38.4 Å². The molecule has 2 unspecified atom stereocenters. The number of benzene rings is 5. The number of carbonyl (C=O) groups excluding carboxylic acids is 1. The van der Waals surface area contributed by atoms with Gasteiger partial charge in [0.25, 0.3) is 5.56 Å². The summed E-state index contributed by atoms with van der Waals surface area (Å²) in [5.74, 6) is 0.304. The summed E-state index contributed by atoms with van der Waals surface area (Å²) >= 11 is 23.1. The second-order valence-electron chi connectivity index (χ2n) is 12.4. The highest BCUT2D eigenvalue weighted by molar-refractivity contribution is 9.10. The summed E-state index contributed by atoms with van der Waals surface area (Å²) in [4.78, 5) is 36.1. The SMILES string of the molecule is CCN(CC)c1ccc(C2C(Cl)C(=O)N2c2ccc(-n3c(Cc4ccccc4Nc4c(Cl)cccc4Cl)nc4ccc(Br)cc4c3=O)cc2)c(O)c1. The molecule has 5 aromatic carbocycles. The van der Waals surface area contributed by atoms with Crippen LogP contribution in [0.2, 0.25) is 10.0 Å². The molecule has 1 fully saturated rings. The van der Waals surface area contributed by atoms with Gasteiger partial charge in [0.15, 0.2) is 0 Å². The summed E-state index contributed by atoms with van der Waals surface area (Å²) in [6, 6.07) is 30.5. The second-order valence-corrected chi connectivity index (χ2v) is 14.6. The minimum atomic E-state index is -0.837. The fraction of sp³-hybridized carbons (Fsp3) is 0.175. The van der Waals surface area contributed by atoms with E-state index >= 15 is 0 Å². The lowest BCUT2D eigenvalue weighted by Crippen LogP contribution is -2.56. The lowest BCUT2D eigenvalue weighted by molar-refractivity contribution is -0.123.